The summed E-state index contributed by atoms with van der Waals surface area (Å²) in [6.07, 6.45) is 2.51. The van der Waals surface area contributed by atoms with Crippen LogP contribution in [-0.4, -0.2) is 50.7 Å². The first-order chi connectivity index (χ1) is 14.6. The minimum Gasteiger partial charge on any atom is -0.493 e. The average Bonchev–Trinajstić information content (AvgIpc) is 3.20. The Hall–Kier alpha value is -3.22. The lowest BCUT2D eigenvalue weighted by Crippen LogP contribution is -2.42. The molecule has 0 spiro atoms. The zero-order chi connectivity index (χ0) is 20.9. The molecule has 7 heteroatoms. The maximum Gasteiger partial charge on any atom is 0.227 e. The number of carbonyl (C=O) groups is 1. The largest absolute Gasteiger partial charge is 0.493 e. The summed E-state index contributed by atoms with van der Waals surface area (Å²) in [5.74, 6) is 2.19. The summed E-state index contributed by atoms with van der Waals surface area (Å²) in [6.45, 7) is 6.13. The van der Waals surface area contributed by atoms with E-state index in [0.717, 1.165) is 54.3 Å². The summed E-state index contributed by atoms with van der Waals surface area (Å²) >= 11 is 0. The lowest BCUT2D eigenvalue weighted by Gasteiger charge is -2.33. The summed E-state index contributed by atoms with van der Waals surface area (Å²) in [6, 6.07) is 15.9. The molecule has 0 bridgehead atoms. The average molecular weight is 406 g/mol. The first kappa shape index (κ1) is 20.1. The highest BCUT2D eigenvalue weighted by Gasteiger charge is 2.24. The van der Waals surface area contributed by atoms with Crippen LogP contribution in [0.25, 0.3) is 5.69 Å². The van der Waals surface area contributed by atoms with Gasteiger partial charge in [0.2, 0.25) is 5.91 Å². The molecule has 0 aliphatic carbocycles. The van der Waals surface area contributed by atoms with E-state index >= 15 is 0 Å². The molecular formula is C23H27N5O2. The van der Waals surface area contributed by atoms with E-state index in [1.54, 1.807) is 4.68 Å². The van der Waals surface area contributed by atoms with Crippen LogP contribution in [0.3, 0.4) is 0 Å². The first-order valence-electron chi connectivity index (χ1n) is 10.4. The van der Waals surface area contributed by atoms with Crippen molar-refractivity contribution in [3.8, 4) is 11.4 Å². The van der Waals surface area contributed by atoms with Crippen molar-refractivity contribution in [2.24, 2.45) is 5.92 Å². The highest BCUT2D eigenvalue weighted by Crippen LogP contribution is 2.22. The van der Waals surface area contributed by atoms with E-state index in [9.17, 15) is 4.79 Å². The van der Waals surface area contributed by atoms with Crippen LogP contribution in [0.5, 0.6) is 5.75 Å². The molecule has 2 aromatic carbocycles. The number of hydrogen-bond donors (Lipinski definition) is 0. The smallest absolute Gasteiger partial charge is 0.227 e. The van der Waals surface area contributed by atoms with E-state index < -0.39 is 0 Å². The normalized spacial score (nSPS) is 16.5. The fraction of sp³-hybridized carbons (Fsp3) is 0.391. The van der Waals surface area contributed by atoms with Gasteiger partial charge in [-0.25, -0.2) is 0 Å². The molecule has 0 N–H and O–H groups in total. The van der Waals surface area contributed by atoms with Crippen molar-refractivity contribution < 1.29 is 9.53 Å². The molecule has 1 fully saturated rings. The molecule has 156 valence electrons. The highest BCUT2D eigenvalue weighted by atomic mass is 16.5. The first-order valence-corrected chi connectivity index (χ1v) is 10.4. The van der Waals surface area contributed by atoms with Gasteiger partial charge in [0.25, 0.3) is 0 Å². The second kappa shape index (κ2) is 9.07. The van der Waals surface area contributed by atoms with Crippen LogP contribution < -0.4 is 4.74 Å². The van der Waals surface area contributed by atoms with Crippen LogP contribution in [0, 0.1) is 19.8 Å². The molecule has 1 atom stereocenters. The van der Waals surface area contributed by atoms with Crippen LogP contribution in [0.2, 0.25) is 0 Å². The minimum atomic E-state index is 0.168. The Bertz CT molecular complexity index is 999. The number of rotatable bonds is 6. The second-order valence-electron chi connectivity index (χ2n) is 7.91. The van der Waals surface area contributed by atoms with E-state index in [2.05, 4.69) is 28.5 Å². The maximum absolute atomic E-state index is 12.9. The molecule has 1 saturated heterocycles. The number of para-hydroxylation sites is 1. The van der Waals surface area contributed by atoms with Gasteiger partial charge in [-0.2, -0.15) is 4.68 Å². The van der Waals surface area contributed by atoms with Gasteiger partial charge in [-0.1, -0.05) is 30.3 Å². The number of ether oxygens (including phenoxy) is 1. The van der Waals surface area contributed by atoms with E-state index in [1.165, 1.54) is 0 Å². The third-order valence-corrected chi connectivity index (χ3v) is 5.60. The van der Waals surface area contributed by atoms with E-state index in [-0.39, 0.29) is 5.91 Å². The summed E-state index contributed by atoms with van der Waals surface area (Å²) in [5, 5.41) is 11.5. The van der Waals surface area contributed by atoms with E-state index in [1.807, 2.05) is 54.3 Å². The molecule has 2 heterocycles. The summed E-state index contributed by atoms with van der Waals surface area (Å²) in [5.41, 5.74) is 3.02. The van der Waals surface area contributed by atoms with Gasteiger partial charge in [-0.3, -0.25) is 4.79 Å². The van der Waals surface area contributed by atoms with Crippen molar-refractivity contribution >= 4 is 5.91 Å². The number of aromatic nitrogens is 4. The molecule has 0 radical (unpaired) electrons. The standard InChI is InChI=1S/C23H27N5O2/c1-17-6-3-4-8-22(17)30-16-20-7-5-13-27(15-20)23(29)14-19-9-11-21(12-10-19)28-18(2)24-25-26-28/h3-4,6,8-12,20H,5,7,13-16H2,1-2H3/t20-/m0/s1. The van der Waals surface area contributed by atoms with Gasteiger partial charge >= 0.3 is 0 Å². The lowest BCUT2D eigenvalue weighted by molar-refractivity contribution is -0.132. The third-order valence-electron chi connectivity index (χ3n) is 5.60. The Labute approximate surface area is 176 Å². The number of nitrogens with zero attached hydrogens (tertiary/aromatic N) is 5. The number of aryl methyl sites for hydroxylation is 2. The number of tetrazole rings is 1. The predicted octanol–water partition coefficient (Wildman–Crippen LogP) is 3.14. The molecule has 1 aliphatic heterocycles. The Balaban J connectivity index is 1.32. The molecule has 4 rings (SSSR count). The van der Waals surface area contributed by atoms with Crippen molar-refractivity contribution in [2.45, 2.75) is 33.1 Å². The number of benzene rings is 2. The molecule has 3 aromatic rings. The Morgan fingerprint density at radius 2 is 1.93 bits per heavy atom. The van der Waals surface area contributed by atoms with Crippen LogP contribution >= 0.6 is 0 Å². The van der Waals surface area contributed by atoms with Crippen LogP contribution in [0.4, 0.5) is 0 Å². The number of likely N-dealkylation sites (tertiary alicyclic amines) is 1. The van der Waals surface area contributed by atoms with Gasteiger partial charge in [-0.15, -0.1) is 5.10 Å². The Kier molecular flexibility index (Phi) is 6.07. The number of piperidine rings is 1. The lowest BCUT2D eigenvalue weighted by atomic mass is 9.98. The summed E-state index contributed by atoms with van der Waals surface area (Å²) in [7, 11) is 0. The fourth-order valence-corrected chi connectivity index (χ4v) is 3.87. The molecule has 1 aromatic heterocycles. The van der Waals surface area contributed by atoms with Crippen LogP contribution in [0.15, 0.2) is 48.5 Å². The topological polar surface area (TPSA) is 73.1 Å². The van der Waals surface area contributed by atoms with E-state index in [0.29, 0.717) is 18.9 Å². The molecule has 0 unspecified atom stereocenters. The van der Waals surface area contributed by atoms with Gasteiger partial charge in [0.1, 0.15) is 5.75 Å². The maximum atomic E-state index is 12.9. The molecule has 30 heavy (non-hydrogen) atoms. The number of hydrogen-bond acceptors (Lipinski definition) is 5. The van der Waals surface area contributed by atoms with Gasteiger partial charge in [0.15, 0.2) is 5.82 Å². The van der Waals surface area contributed by atoms with Crippen LogP contribution in [0.1, 0.15) is 29.8 Å². The second-order valence-corrected chi connectivity index (χ2v) is 7.91. The quantitative estimate of drug-likeness (QED) is 0.630. The van der Waals surface area contributed by atoms with Crippen molar-refractivity contribution in [1.29, 1.82) is 0 Å². The Morgan fingerprint density at radius 3 is 2.67 bits per heavy atom. The predicted molar refractivity (Wildman–Crippen MR) is 114 cm³/mol. The molecule has 1 aliphatic rings. The monoisotopic (exact) mass is 405 g/mol. The van der Waals surface area contributed by atoms with Crippen molar-refractivity contribution in [3.63, 3.8) is 0 Å². The van der Waals surface area contributed by atoms with Crippen molar-refractivity contribution in [1.82, 2.24) is 25.1 Å². The minimum absolute atomic E-state index is 0.168. The van der Waals surface area contributed by atoms with E-state index in [4.69, 9.17) is 4.74 Å². The van der Waals surface area contributed by atoms with Gasteiger partial charge in [0.05, 0.1) is 18.7 Å². The van der Waals surface area contributed by atoms with Gasteiger partial charge in [0, 0.05) is 19.0 Å². The third kappa shape index (κ3) is 4.67. The molecular weight excluding hydrogens is 378 g/mol. The van der Waals surface area contributed by atoms with Crippen molar-refractivity contribution in [2.75, 3.05) is 19.7 Å². The van der Waals surface area contributed by atoms with Crippen LogP contribution in [-0.2, 0) is 11.2 Å². The fourth-order valence-electron chi connectivity index (χ4n) is 3.87. The summed E-state index contributed by atoms with van der Waals surface area (Å²) < 4.78 is 7.70. The molecule has 7 nitrogen and oxygen atoms in total. The zero-order valence-corrected chi connectivity index (χ0v) is 17.5. The Morgan fingerprint density at radius 1 is 1.13 bits per heavy atom. The van der Waals surface area contributed by atoms with Crippen molar-refractivity contribution in [3.05, 3.63) is 65.5 Å². The summed E-state index contributed by atoms with van der Waals surface area (Å²) in [4.78, 5) is 14.8. The highest BCUT2D eigenvalue weighted by molar-refractivity contribution is 5.79. The zero-order valence-electron chi connectivity index (χ0n) is 17.5. The number of amides is 1. The number of carbonyl (C=O) groups excluding carboxylic acids is 1. The van der Waals surface area contributed by atoms with Gasteiger partial charge < -0.3 is 9.64 Å². The van der Waals surface area contributed by atoms with Gasteiger partial charge in [-0.05, 0) is 66.4 Å². The molecule has 0 saturated carbocycles. The SMILES string of the molecule is Cc1ccccc1OC[C@H]1CCCN(C(=O)Cc2ccc(-n3nnnc3C)cc2)C1. The molecule has 1 amide bonds.